The van der Waals surface area contributed by atoms with Crippen molar-refractivity contribution in [3.8, 4) is 11.5 Å². The molecular weight excluding hydrogens is 418 g/mol. The Kier molecular flexibility index (Phi) is 5.43. The Morgan fingerprint density at radius 1 is 1.12 bits per heavy atom. The first kappa shape index (κ1) is 20.6. The lowest BCUT2D eigenvalue weighted by atomic mass is 10.1. The number of benzene rings is 1. The number of nitrogens with one attached hydrogen (secondary N) is 1. The van der Waals surface area contributed by atoms with Gasteiger partial charge < -0.3 is 9.73 Å². The molecule has 1 unspecified atom stereocenters. The van der Waals surface area contributed by atoms with Crippen molar-refractivity contribution in [3.63, 3.8) is 0 Å². The van der Waals surface area contributed by atoms with Crippen LogP contribution in [0.4, 0.5) is 0 Å². The van der Waals surface area contributed by atoms with Crippen molar-refractivity contribution in [1.82, 2.24) is 34.8 Å². The maximum atomic E-state index is 13.6. The highest BCUT2D eigenvalue weighted by molar-refractivity contribution is 6.06. The van der Waals surface area contributed by atoms with Gasteiger partial charge in [0, 0.05) is 6.04 Å². The van der Waals surface area contributed by atoms with Crippen LogP contribution < -0.4 is 5.32 Å². The molecule has 0 saturated heterocycles. The fraction of sp³-hybridized carbons (Fsp3) is 0.208. The Bertz CT molecular complexity index is 1360. The van der Waals surface area contributed by atoms with Gasteiger partial charge >= 0.3 is 0 Å². The van der Waals surface area contributed by atoms with Crippen LogP contribution in [-0.2, 0) is 6.54 Å². The van der Waals surface area contributed by atoms with E-state index < -0.39 is 0 Å². The Morgan fingerprint density at radius 2 is 1.97 bits per heavy atom. The summed E-state index contributed by atoms with van der Waals surface area (Å²) in [5.41, 5.74) is 2.66. The van der Waals surface area contributed by atoms with E-state index in [1.165, 1.54) is 6.33 Å². The molecule has 1 atom stereocenters. The van der Waals surface area contributed by atoms with E-state index in [1.807, 2.05) is 54.9 Å². The second kappa shape index (κ2) is 8.70. The monoisotopic (exact) mass is 441 g/mol. The number of rotatable bonds is 7. The molecule has 1 aromatic carbocycles. The average Bonchev–Trinajstić information content (AvgIpc) is 3.60. The number of amides is 1. The summed E-state index contributed by atoms with van der Waals surface area (Å²) in [6, 6.07) is 14.9. The number of carbonyl (C=O) groups is 1. The molecule has 1 amide bonds. The summed E-state index contributed by atoms with van der Waals surface area (Å²) in [5, 5.41) is 12.5. The fourth-order valence-electron chi connectivity index (χ4n) is 3.80. The van der Waals surface area contributed by atoms with Crippen LogP contribution >= 0.6 is 0 Å². The molecule has 0 bridgehead atoms. The van der Waals surface area contributed by atoms with E-state index in [1.54, 1.807) is 35.6 Å². The van der Waals surface area contributed by atoms with Crippen LogP contribution in [0.2, 0.25) is 0 Å². The van der Waals surface area contributed by atoms with Gasteiger partial charge in [0.05, 0.1) is 36.0 Å². The molecule has 33 heavy (non-hydrogen) atoms. The Morgan fingerprint density at radius 3 is 2.67 bits per heavy atom. The summed E-state index contributed by atoms with van der Waals surface area (Å²) in [4.78, 5) is 22.4. The number of fused-ring (bicyclic) bond motifs is 1. The highest BCUT2D eigenvalue weighted by Gasteiger charge is 2.22. The van der Waals surface area contributed by atoms with Gasteiger partial charge in [0.2, 0.25) is 0 Å². The van der Waals surface area contributed by atoms with Crippen molar-refractivity contribution in [2.45, 2.75) is 32.5 Å². The van der Waals surface area contributed by atoms with Crippen LogP contribution in [0.15, 0.2) is 78.1 Å². The standard InChI is InChI=1S/C24H23N7O2/c1-16(2)31-23-19(12-26-31)18(11-20(28-23)22-9-6-10-33-22)24(32)29-21(13-30-15-25-14-27-30)17-7-4-3-5-8-17/h3-12,14-16,21H,13H2,1-2H3,(H,29,32). The molecule has 166 valence electrons. The second-order valence-corrected chi connectivity index (χ2v) is 8.01. The van der Waals surface area contributed by atoms with Gasteiger partial charge in [-0.05, 0) is 37.6 Å². The number of hydrogen-bond acceptors (Lipinski definition) is 6. The minimum Gasteiger partial charge on any atom is -0.463 e. The quantitative estimate of drug-likeness (QED) is 0.409. The minimum absolute atomic E-state index is 0.0853. The van der Waals surface area contributed by atoms with E-state index in [2.05, 4.69) is 20.5 Å². The van der Waals surface area contributed by atoms with Crippen molar-refractivity contribution >= 4 is 16.9 Å². The molecule has 5 rings (SSSR count). The fourth-order valence-corrected chi connectivity index (χ4v) is 3.80. The second-order valence-electron chi connectivity index (χ2n) is 8.01. The van der Waals surface area contributed by atoms with Gasteiger partial charge in [-0.15, -0.1) is 0 Å². The van der Waals surface area contributed by atoms with Crippen LogP contribution in [0, 0.1) is 0 Å². The van der Waals surface area contributed by atoms with E-state index in [4.69, 9.17) is 9.40 Å². The van der Waals surface area contributed by atoms with Gasteiger partial charge in [-0.3, -0.25) is 9.48 Å². The Hall–Kier alpha value is -4.27. The largest absolute Gasteiger partial charge is 0.463 e. The van der Waals surface area contributed by atoms with Crippen molar-refractivity contribution in [1.29, 1.82) is 0 Å². The minimum atomic E-state index is -0.309. The summed E-state index contributed by atoms with van der Waals surface area (Å²) in [7, 11) is 0. The molecule has 5 aromatic rings. The van der Waals surface area contributed by atoms with Crippen molar-refractivity contribution in [3.05, 3.63) is 84.8 Å². The van der Waals surface area contributed by atoms with Crippen LogP contribution in [0.1, 0.15) is 41.9 Å². The topological polar surface area (TPSA) is 104 Å². The predicted octanol–water partition coefficient (Wildman–Crippen LogP) is 4.04. The highest BCUT2D eigenvalue weighted by Crippen LogP contribution is 2.27. The number of hydrogen-bond donors (Lipinski definition) is 1. The molecule has 0 fully saturated rings. The molecule has 0 aliphatic rings. The van der Waals surface area contributed by atoms with Crippen LogP contribution in [0.25, 0.3) is 22.5 Å². The molecule has 9 heteroatoms. The maximum Gasteiger partial charge on any atom is 0.252 e. The zero-order valence-electron chi connectivity index (χ0n) is 18.3. The number of pyridine rings is 1. The number of carbonyl (C=O) groups excluding carboxylic acids is 1. The summed E-state index contributed by atoms with van der Waals surface area (Å²) >= 11 is 0. The number of furan rings is 1. The third-order valence-corrected chi connectivity index (χ3v) is 5.42. The molecule has 4 aromatic heterocycles. The van der Waals surface area contributed by atoms with Crippen molar-refractivity contribution in [2.75, 3.05) is 0 Å². The van der Waals surface area contributed by atoms with Crippen LogP contribution in [0.5, 0.6) is 0 Å². The van der Waals surface area contributed by atoms with E-state index in [0.717, 1.165) is 5.56 Å². The molecule has 0 aliphatic heterocycles. The van der Waals surface area contributed by atoms with E-state index in [-0.39, 0.29) is 18.0 Å². The lowest BCUT2D eigenvalue weighted by Gasteiger charge is -2.19. The van der Waals surface area contributed by atoms with Gasteiger partial charge in [0.15, 0.2) is 11.4 Å². The average molecular weight is 441 g/mol. The lowest BCUT2D eigenvalue weighted by Crippen LogP contribution is -2.31. The normalized spacial score (nSPS) is 12.3. The molecule has 1 N–H and O–H groups in total. The molecule has 0 saturated carbocycles. The zero-order valence-corrected chi connectivity index (χ0v) is 18.3. The SMILES string of the molecule is CC(C)n1ncc2c(C(=O)NC(Cn3cncn3)c3ccccc3)cc(-c3ccco3)nc21. The lowest BCUT2D eigenvalue weighted by molar-refractivity contribution is 0.0933. The van der Waals surface area contributed by atoms with E-state index in [9.17, 15) is 4.79 Å². The number of aromatic nitrogens is 6. The molecule has 0 aliphatic carbocycles. The van der Waals surface area contributed by atoms with Gasteiger partial charge in [-0.1, -0.05) is 30.3 Å². The molecule has 0 spiro atoms. The Balaban J connectivity index is 1.56. The predicted molar refractivity (Wildman–Crippen MR) is 122 cm³/mol. The van der Waals surface area contributed by atoms with Gasteiger partial charge in [0.1, 0.15) is 18.3 Å². The molecular formula is C24H23N7O2. The van der Waals surface area contributed by atoms with Crippen LogP contribution in [-0.4, -0.2) is 35.4 Å². The Labute approximate surface area is 190 Å². The summed E-state index contributed by atoms with van der Waals surface area (Å²) < 4.78 is 9.07. The van der Waals surface area contributed by atoms with Crippen molar-refractivity contribution in [2.24, 2.45) is 0 Å². The highest BCUT2D eigenvalue weighted by atomic mass is 16.3. The third-order valence-electron chi connectivity index (χ3n) is 5.42. The summed E-state index contributed by atoms with van der Waals surface area (Å²) in [5.74, 6) is 0.358. The smallest absolute Gasteiger partial charge is 0.252 e. The summed E-state index contributed by atoms with van der Waals surface area (Å²) in [6.45, 7) is 4.49. The molecule has 4 heterocycles. The van der Waals surface area contributed by atoms with Gasteiger partial charge in [0.25, 0.3) is 5.91 Å². The summed E-state index contributed by atoms with van der Waals surface area (Å²) in [6.07, 6.45) is 6.39. The van der Waals surface area contributed by atoms with Crippen LogP contribution in [0.3, 0.4) is 0 Å². The zero-order chi connectivity index (χ0) is 22.8. The van der Waals surface area contributed by atoms with Gasteiger partial charge in [-0.2, -0.15) is 10.2 Å². The van der Waals surface area contributed by atoms with E-state index in [0.29, 0.717) is 34.6 Å². The van der Waals surface area contributed by atoms with Gasteiger partial charge in [-0.25, -0.2) is 14.6 Å². The number of nitrogens with zero attached hydrogens (tertiary/aromatic N) is 6. The van der Waals surface area contributed by atoms with E-state index >= 15 is 0 Å². The first-order chi connectivity index (χ1) is 16.1. The van der Waals surface area contributed by atoms with Crippen molar-refractivity contribution < 1.29 is 9.21 Å². The first-order valence-electron chi connectivity index (χ1n) is 10.7. The maximum absolute atomic E-state index is 13.6. The first-order valence-corrected chi connectivity index (χ1v) is 10.7. The molecule has 9 nitrogen and oxygen atoms in total. The molecule has 0 radical (unpaired) electrons. The third kappa shape index (κ3) is 4.12.